The van der Waals surface area contributed by atoms with Gasteiger partial charge in [-0.05, 0) is 54.7 Å². The number of Topliss-reactive ketones (excluding diaryl/α,β-unsaturated/α-hetero) is 1. The summed E-state index contributed by atoms with van der Waals surface area (Å²) in [6.07, 6.45) is -3.56. The molecule has 0 bridgehead atoms. The molecule has 0 unspecified atom stereocenters. The van der Waals surface area contributed by atoms with E-state index in [-0.39, 0.29) is 22.5 Å². The van der Waals surface area contributed by atoms with Crippen LogP contribution in [0.3, 0.4) is 0 Å². The molecule has 4 rings (SSSR count). The second kappa shape index (κ2) is 8.62. The van der Waals surface area contributed by atoms with Crippen LogP contribution in [0.4, 0.5) is 18.9 Å². The van der Waals surface area contributed by atoms with E-state index in [2.05, 4.69) is 10.6 Å². The average Bonchev–Trinajstić information content (AvgIpc) is 2.72. The predicted octanol–water partition coefficient (Wildman–Crippen LogP) is 6.60. The van der Waals surface area contributed by atoms with Crippen molar-refractivity contribution in [1.82, 2.24) is 5.32 Å². The summed E-state index contributed by atoms with van der Waals surface area (Å²) in [5.41, 5.74) is 1.76. The summed E-state index contributed by atoms with van der Waals surface area (Å²) in [4.78, 5) is 26.7. The molecule has 4 nitrogen and oxygen atoms in total. The zero-order valence-electron chi connectivity index (χ0n) is 18.9. The topological polar surface area (TPSA) is 58.2 Å². The molecule has 2 aliphatic rings. The minimum atomic E-state index is -4.53. The van der Waals surface area contributed by atoms with Crippen LogP contribution in [0.15, 0.2) is 71.1 Å². The summed E-state index contributed by atoms with van der Waals surface area (Å²) in [7, 11) is 0. The summed E-state index contributed by atoms with van der Waals surface area (Å²) in [5.74, 6) is -1.30. The number of halogens is 4. The zero-order chi connectivity index (χ0) is 24.8. The van der Waals surface area contributed by atoms with Crippen LogP contribution in [0.1, 0.15) is 50.7 Å². The molecule has 2 aromatic carbocycles. The first-order valence-electron chi connectivity index (χ1n) is 10.8. The Morgan fingerprint density at radius 2 is 1.79 bits per heavy atom. The van der Waals surface area contributed by atoms with Crippen molar-refractivity contribution < 1.29 is 22.8 Å². The van der Waals surface area contributed by atoms with Gasteiger partial charge < -0.3 is 10.6 Å². The number of dihydropyridines is 1. The third-order valence-corrected chi connectivity index (χ3v) is 6.39. The smallest absolute Gasteiger partial charge is 0.362 e. The number of hydrogen-bond donors (Lipinski definition) is 2. The second-order valence-electron chi connectivity index (χ2n) is 9.51. The number of amides is 1. The van der Waals surface area contributed by atoms with Gasteiger partial charge in [-0.3, -0.25) is 9.59 Å². The summed E-state index contributed by atoms with van der Waals surface area (Å²) in [5, 5.41) is 6.35. The molecule has 0 saturated carbocycles. The molecule has 1 heterocycles. The van der Waals surface area contributed by atoms with Crippen molar-refractivity contribution >= 4 is 29.0 Å². The van der Waals surface area contributed by atoms with Crippen molar-refractivity contribution in [2.24, 2.45) is 5.41 Å². The fourth-order valence-corrected chi connectivity index (χ4v) is 4.82. The molecule has 34 heavy (non-hydrogen) atoms. The van der Waals surface area contributed by atoms with E-state index < -0.39 is 23.6 Å². The van der Waals surface area contributed by atoms with Crippen molar-refractivity contribution in [1.29, 1.82) is 0 Å². The highest BCUT2D eigenvalue weighted by Gasteiger charge is 2.42. The molecule has 2 aromatic rings. The van der Waals surface area contributed by atoms with Crippen LogP contribution in [0.5, 0.6) is 0 Å². The van der Waals surface area contributed by atoms with Crippen molar-refractivity contribution in [2.75, 3.05) is 5.32 Å². The molecule has 0 fully saturated rings. The molecule has 1 amide bonds. The van der Waals surface area contributed by atoms with Crippen LogP contribution in [-0.4, -0.2) is 11.7 Å². The predicted molar refractivity (Wildman–Crippen MR) is 125 cm³/mol. The number of nitrogens with one attached hydrogen (secondary N) is 2. The van der Waals surface area contributed by atoms with Crippen LogP contribution in [0, 0.1) is 5.41 Å². The number of carbonyl (C=O) groups is 2. The Morgan fingerprint density at radius 3 is 2.44 bits per heavy atom. The summed E-state index contributed by atoms with van der Waals surface area (Å²) in [6, 6.07) is 11.4. The van der Waals surface area contributed by atoms with Gasteiger partial charge in [0, 0.05) is 45.6 Å². The number of carbonyl (C=O) groups excluding carboxylic acids is 2. The number of anilines is 1. The molecule has 1 aliphatic heterocycles. The minimum absolute atomic E-state index is 0.0193. The van der Waals surface area contributed by atoms with Gasteiger partial charge in [0.25, 0.3) is 5.91 Å². The van der Waals surface area contributed by atoms with E-state index in [9.17, 15) is 22.8 Å². The maximum atomic E-state index is 13.4. The Labute approximate surface area is 200 Å². The normalized spacial score (nSPS) is 20.1. The lowest BCUT2D eigenvalue weighted by atomic mass is 9.68. The maximum absolute atomic E-state index is 13.4. The quantitative estimate of drug-likeness (QED) is 0.511. The van der Waals surface area contributed by atoms with Crippen LogP contribution in [0.25, 0.3) is 0 Å². The number of allylic oxidation sites excluding steroid dienone is 3. The standard InChI is InChI=1S/C26H24ClF3N2O2/c1-14-21(24(34)32-18-6-4-5-16(11-18)26(28,29)30)22(15-7-9-17(27)10-8-15)23-19(31-14)12-25(2,3)13-20(23)33/h4-11,22,31H,12-13H2,1-3H3,(H,32,34)/t22-/m1/s1. The fraction of sp³-hybridized carbons (Fsp3) is 0.308. The first-order valence-corrected chi connectivity index (χ1v) is 11.2. The van der Waals surface area contributed by atoms with Gasteiger partial charge in [0.05, 0.1) is 5.56 Å². The summed E-state index contributed by atoms with van der Waals surface area (Å²) >= 11 is 6.07. The van der Waals surface area contributed by atoms with Gasteiger partial charge in [0.1, 0.15) is 0 Å². The number of ketones is 1. The van der Waals surface area contributed by atoms with Crippen LogP contribution in [-0.2, 0) is 15.8 Å². The van der Waals surface area contributed by atoms with E-state index >= 15 is 0 Å². The van der Waals surface area contributed by atoms with Crippen molar-refractivity contribution in [3.63, 3.8) is 0 Å². The molecule has 1 atom stereocenters. The first-order chi connectivity index (χ1) is 15.9. The minimum Gasteiger partial charge on any atom is -0.362 e. The lowest BCUT2D eigenvalue weighted by molar-refractivity contribution is -0.137. The van der Waals surface area contributed by atoms with Gasteiger partial charge in [-0.15, -0.1) is 0 Å². The lowest BCUT2D eigenvalue weighted by Gasteiger charge is -2.39. The zero-order valence-corrected chi connectivity index (χ0v) is 19.7. The second-order valence-corrected chi connectivity index (χ2v) is 9.95. The molecule has 0 saturated heterocycles. The number of hydrogen-bond acceptors (Lipinski definition) is 3. The molecule has 2 N–H and O–H groups in total. The van der Waals surface area contributed by atoms with Gasteiger partial charge in [-0.25, -0.2) is 0 Å². The third-order valence-electron chi connectivity index (χ3n) is 6.14. The monoisotopic (exact) mass is 488 g/mol. The lowest BCUT2D eigenvalue weighted by Crippen LogP contribution is -2.39. The number of rotatable bonds is 3. The Kier molecular flexibility index (Phi) is 6.10. The number of alkyl halides is 3. The molecular weight excluding hydrogens is 465 g/mol. The van der Waals surface area contributed by atoms with Crippen molar-refractivity contribution in [3.05, 3.63) is 87.2 Å². The molecule has 0 radical (unpaired) electrons. The highest BCUT2D eigenvalue weighted by molar-refractivity contribution is 6.30. The van der Waals surface area contributed by atoms with E-state index in [1.807, 2.05) is 13.8 Å². The van der Waals surface area contributed by atoms with Gasteiger partial charge in [-0.1, -0.05) is 43.6 Å². The molecule has 0 spiro atoms. The van der Waals surface area contributed by atoms with Gasteiger partial charge in [0.15, 0.2) is 5.78 Å². The third kappa shape index (κ3) is 4.75. The van der Waals surface area contributed by atoms with Gasteiger partial charge in [0.2, 0.25) is 0 Å². The van der Waals surface area contributed by atoms with Crippen LogP contribution >= 0.6 is 11.6 Å². The van der Waals surface area contributed by atoms with Crippen molar-refractivity contribution in [3.8, 4) is 0 Å². The first kappa shape index (κ1) is 24.1. The van der Waals surface area contributed by atoms with Crippen LogP contribution < -0.4 is 10.6 Å². The van der Waals surface area contributed by atoms with E-state index in [1.165, 1.54) is 12.1 Å². The van der Waals surface area contributed by atoms with Gasteiger partial charge in [-0.2, -0.15) is 13.2 Å². The van der Waals surface area contributed by atoms with E-state index in [1.54, 1.807) is 31.2 Å². The highest BCUT2D eigenvalue weighted by atomic mass is 35.5. The Bertz CT molecular complexity index is 1230. The summed E-state index contributed by atoms with van der Waals surface area (Å²) < 4.78 is 39.4. The van der Waals surface area contributed by atoms with E-state index in [0.29, 0.717) is 34.7 Å². The highest BCUT2D eigenvalue weighted by Crippen LogP contribution is 2.47. The average molecular weight is 489 g/mol. The fourth-order valence-electron chi connectivity index (χ4n) is 4.70. The molecular formula is C26H24ClF3N2O2. The number of benzene rings is 2. The van der Waals surface area contributed by atoms with Crippen LogP contribution in [0.2, 0.25) is 5.02 Å². The molecule has 0 aromatic heterocycles. The maximum Gasteiger partial charge on any atom is 0.416 e. The van der Waals surface area contributed by atoms with Gasteiger partial charge >= 0.3 is 6.18 Å². The molecule has 8 heteroatoms. The Balaban J connectivity index is 1.77. The van der Waals surface area contributed by atoms with Crippen molar-refractivity contribution in [2.45, 2.75) is 45.7 Å². The Hall–Kier alpha value is -3.06. The van der Waals surface area contributed by atoms with E-state index in [0.717, 1.165) is 17.8 Å². The molecule has 1 aliphatic carbocycles. The summed E-state index contributed by atoms with van der Waals surface area (Å²) in [6.45, 7) is 5.77. The van der Waals surface area contributed by atoms with E-state index in [4.69, 9.17) is 11.6 Å². The largest absolute Gasteiger partial charge is 0.416 e. The SMILES string of the molecule is CC1=C(C(=O)Nc2cccc(C(F)(F)F)c2)[C@@H](c2ccc(Cl)cc2)C2=C(CC(C)(C)CC2=O)N1. The molecule has 178 valence electrons. The Morgan fingerprint density at radius 1 is 1.12 bits per heavy atom.